The Balaban J connectivity index is 1.88. The molecule has 2 aromatic rings. The van der Waals surface area contributed by atoms with Crippen LogP contribution >= 0.6 is 0 Å². The van der Waals surface area contributed by atoms with Crippen molar-refractivity contribution in [3.63, 3.8) is 0 Å². The van der Waals surface area contributed by atoms with Crippen molar-refractivity contribution in [1.82, 2.24) is 0 Å². The highest BCUT2D eigenvalue weighted by atomic mass is 16.5. The van der Waals surface area contributed by atoms with Crippen molar-refractivity contribution in [2.75, 3.05) is 0 Å². The van der Waals surface area contributed by atoms with E-state index in [2.05, 4.69) is 19.9 Å². The summed E-state index contributed by atoms with van der Waals surface area (Å²) >= 11 is 0. The first-order valence-electron chi connectivity index (χ1n) is 7.08. The zero-order chi connectivity index (χ0) is 15.2. The number of nitrogens with two attached hydrogens (primary N) is 1. The molecule has 0 aliphatic rings. The molecular weight excluding hydrogens is 262 g/mol. The van der Waals surface area contributed by atoms with Crippen molar-refractivity contribution in [3.8, 4) is 0 Å². The second kappa shape index (κ2) is 7.04. The van der Waals surface area contributed by atoms with Gasteiger partial charge in [0.2, 0.25) is 0 Å². The lowest BCUT2D eigenvalue weighted by atomic mass is 10.0. The highest BCUT2D eigenvalue weighted by molar-refractivity contribution is 5.75. The Labute approximate surface area is 125 Å². The van der Waals surface area contributed by atoms with Crippen LogP contribution < -0.4 is 5.73 Å². The molecule has 1 unspecified atom stereocenters. The Morgan fingerprint density at radius 1 is 1.05 bits per heavy atom. The molecule has 0 aromatic heterocycles. The van der Waals surface area contributed by atoms with Gasteiger partial charge in [-0.2, -0.15) is 0 Å². The lowest BCUT2D eigenvalue weighted by molar-refractivity contribution is -0.146. The molecule has 0 fully saturated rings. The molecule has 3 nitrogen and oxygen atoms in total. The van der Waals surface area contributed by atoms with Crippen LogP contribution in [-0.2, 0) is 22.6 Å². The van der Waals surface area contributed by atoms with Crippen molar-refractivity contribution in [3.05, 3.63) is 70.8 Å². The number of ether oxygens (including phenoxy) is 1. The normalized spacial score (nSPS) is 12.0. The molecule has 0 spiro atoms. The van der Waals surface area contributed by atoms with Crippen LogP contribution in [-0.4, -0.2) is 12.0 Å². The van der Waals surface area contributed by atoms with Crippen LogP contribution in [0.5, 0.6) is 0 Å². The molecule has 0 saturated heterocycles. The zero-order valence-electron chi connectivity index (χ0n) is 12.5. The summed E-state index contributed by atoms with van der Waals surface area (Å²) < 4.78 is 5.25. The number of esters is 1. The third-order valence-corrected chi connectivity index (χ3v) is 3.55. The van der Waals surface area contributed by atoms with Gasteiger partial charge in [-0.25, -0.2) is 0 Å². The van der Waals surface area contributed by atoms with E-state index in [1.54, 1.807) is 0 Å². The first kappa shape index (κ1) is 15.3. The van der Waals surface area contributed by atoms with Gasteiger partial charge in [-0.05, 0) is 42.5 Å². The molecule has 2 N–H and O–H groups in total. The average molecular weight is 283 g/mol. The molecular formula is C18H21NO2. The van der Waals surface area contributed by atoms with E-state index in [4.69, 9.17) is 10.5 Å². The van der Waals surface area contributed by atoms with Crippen LogP contribution in [0.2, 0.25) is 0 Å². The first-order valence-corrected chi connectivity index (χ1v) is 7.08. The summed E-state index contributed by atoms with van der Waals surface area (Å²) in [4.78, 5) is 11.9. The topological polar surface area (TPSA) is 52.3 Å². The lowest BCUT2D eigenvalue weighted by Gasteiger charge is -2.12. The number of hydrogen-bond donors (Lipinski definition) is 1. The van der Waals surface area contributed by atoms with Gasteiger partial charge in [0.1, 0.15) is 12.6 Å². The van der Waals surface area contributed by atoms with E-state index in [1.807, 2.05) is 42.5 Å². The van der Waals surface area contributed by atoms with Crippen molar-refractivity contribution in [2.45, 2.75) is 32.9 Å². The Morgan fingerprint density at radius 2 is 1.76 bits per heavy atom. The summed E-state index contributed by atoms with van der Waals surface area (Å²) in [6.07, 6.45) is 0.495. The molecule has 0 heterocycles. The molecule has 0 amide bonds. The molecule has 110 valence electrons. The smallest absolute Gasteiger partial charge is 0.323 e. The van der Waals surface area contributed by atoms with Gasteiger partial charge < -0.3 is 10.5 Å². The van der Waals surface area contributed by atoms with Crippen molar-refractivity contribution in [2.24, 2.45) is 5.73 Å². The second-order valence-electron chi connectivity index (χ2n) is 5.32. The van der Waals surface area contributed by atoms with Gasteiger partial charge in [0.05, 0.1) is 0 Å². The van der Waals surface area contributed by atoms with E-state index in [1.165, 1.54) is 11.1 Å². The summed E-state index contributed by atoms with van der Waals surface area (Å²) in [6.45, 7) is 4.38. The molecule has 0 radical (unpaired) electrons. The quantitative estimate of drug-likeness (QED) is 0.858. The van der Waals surface area contributed by atoms with E-state index in [0.717, 1.165) is 11.1 Å². The standard InChI is InChI=1S/C18H21NO2/c1-13-8-9-16(10-14(13)2)11-17(19)18(20)21-12-15-6-4-3-5-7-15/h3-10,17H,11-12,19H2,1-2H3. The number of carbonyl (C=O) groups is 1. The van der Waals surface area contributed by atoms with E-state index in [0.29, 0.717) is 6.42 Å². The maximum atomic E-state index is 11.9. The highest BCUT2D eigenvalue weighted by Gasteiger charge is 2.16. The minimum Gasteiger partial charge on any atom is -0.460 e. The zero-order valence-corrected chi connectivity index (χ0v) is 12.5. The van der Waals surface area contributed by atoms with Gasteiger partial charge in [0.25, 0.3) is 0 Å². The molecule has 0 bridgehead atoms. The van der Waals surface area contributed by atoms with Gasteiger partial charge in [-0.1, -0.05) is 48.5 Å². The summed E-state index contributed by atoms with van der Waals surface area (Å²) in [5, 5.41) is 0. The monoisotopic (exact) mass is 283 g/mol. The summed E-state index contributed by atoms with van der Waals surface area (Å²) in [7, 11) is 0. The fourth-order valence-corrected chi connectivity index (χ4v) is 2.10. The van der Waals surface area contributed by atoms with Crippen LogP contribution in [0.25, 0.3) is 0 Å². The SMILES string of the molecule is Cc1ccc(CC(N)C(=O)OCc2ccccc2)cc1C. The Kier molecular flexibility index (Phi) is 5.12. The third kappa shape index (κ3) is 4.43. The molecule has 21 heavy (non-hydrogen) atoms. The molecule has 2 aromatic carbocycles. The molecule has 0 aliphatic carbocycles. The number of carbonyl (C=O) groups excluding carboxylic acids is 1. The van der Waals surface area contributed by atoms with Gasteiger partial charge in [-0.3, -0.25) is 4.79 Å². The number of aryl methyl sites for hydroxylation is 2. The van der Waals surface area contributed by atoms with E-state index in [-0.39, 0.29) is 12.6 Å². The number of rotatable bonds is 5. The molecule has 2 rings (SSSR count). The Bertz CT molecular complexity index is 608. The fourth-order valence-electron chi connectivity index (χ4n) is 2.10. The van der Waals surface area contributed by atoms with E-state index < -0.39 is 6.04 Å². The van der Waals surface area contributed by atoms with E-state index in [9.17, 15) is 4.79 Å². The minimum absolute atomic E-state index is 0.264. The average Bonchev–Trinajstić information content (AvgIpc) is 2.49. The summed E-state index contributed by atoms with van der Waals surface area (Å²) in [5.41, 5.74) is 10.4. The van der Waals surface area contributed by atoms with E-state index >= 15 is 0 Å². The Morgan fingerprint density at radius 3 is 2.43 bits per heavy atom. The van der Waals surface area contributed by atoms with Crippen LogP contribution in [0.3, 0.4) is 0 Å². The van der Waals surface area contributed by atoms with Crippen LogP contribution in [0, 0.1) is 13.8 Å². The molecule has 1 atom stereocenters. The summed E-state index contributed by atoms with van der Waals surface area (Å²) in [5.74, 6) is -0.364. The predicted octanol–water partition coefficient (Wildman–Crippen LogP) is 2.92. The van der Waals surface area contributed by atoms with Crippen molar-refractivity contribution in [1.29, 1.82) is 0 Å². The Hall–Kier alpha value is -2.13. The molecule has 0 saturated carbocycles. The molecule has 0 aliphatic heterocycles. The van der Waals surface area contributed by atoms with Gasteiger partial charge >= 0.3 is 5.97 Å². The van der Waals surface area contributed by atoms with Gasteiger partial charge in [0, 0.05) is 0 Å². The van der Waals surface area contributed by atoms with Crippen LogP contribution in [0.15, 0.2) is 48.5 Å². The minimum atomic E-state index is -0.629. The predicted molar refractivity (Wildman–Crippen MR) is 83.8 cm³/mol. The maximum Gasteiger partial charge on any atom is 0.323 e. The van der Waals surface area contributed by atoms with Crippen molar-refractivity contribution < 1.29 is 9.53 Å². The van der Waals surface area contributed by atoms with Crippen LogP contribution in [0.4, 0.5) is 0 Å². The van der Waals surface area contributed by atoms with Crippen LogP contribution in [0.1, 0.15) is 22.3 Å². The van der Waals surface area contributed by atoms with Crippen molar-refractivity contribution >= 4 is 5.97 Å². The lowest BCUT2D eigenvalue weighted by Crippen LogP contribution is -2.34. The number of benzene rings is 2. The maximum absolute atomic E-state index is 11.9. The van der Waals surface area contributed by atoms with Gasteiger partial charge in [-0.15, -0.1) is 0 Å². The second-order valence-corrected chi connectivity index (χ2v) is 5.32. The third-order valence-electron chi connectivity index (χ3n) is 3.55. The van der Waals surface area contributed by atoms with Gasteiger partial charge in [0.15, 0.2) is 0 Å². The molecule has 3 heteroatoms. The fraction of sp³-hybridized carbons (Fsp3) is 0.278. The summed E-state index contributed by atoms with van der Waals surface area (Å²) in [6, 6.07) is 15.1. The highest BCUT2D eigenvalue weighted by Crippen LogP contribution is 2.12. The largest absolute Gasteiger partial charge is 0.460 e. The number of hydrogen-bond acceptors (Lipinski definition) is 3. The first-order chi connectivity index (χ1) is 10.1.